The van der Waals surface area contributed by atoms with Gasteiger partial charge in [-0.05, 0) is 23.3 Å². The lowest BCUT2D eigenvalue weighted by Crippen LogP contribution is -2.37. The van der Waals surface area contributed by atoms with Gasteiger partial charge in [0.05, 0.1) is 5.69 Å². The summed E-state index contributed by atoms with van der Waals surface area (Å²) in [5.41, 5.74) is 0.691. The summed E-state index contributed by atoms with van der Waals surface area (Å²) in [6.45, 7) is 0.0494. The van der Waals surface area contributed by atoms with Crippen molar-refractivity contribution < 1.29 is 29.0 Å². The average molecular weight is 622 g/mol. The van der Waals surface area contributed by atoms with E-state index in [9.17, 15) is 29.0 Å². The average Bonchev–Trinajstić information content (AvgIpc) is 3.09. The quantitative estimate of drug-likeness (QED) is 0.358. The van der Waals surface area contributed by atoms with Crippen molar-refractivity contribution in [2.24, 2.45) is 0 Å². The van der Waals surface area contributed by atoms with Gasteiger partial charge in [-0.1, -0.05) is 81.7 Å². The topological polar surface area (TPSA) is 111 Å². The summed E-state index contributed by atoms with van der Waals surface area (Å²) in [6.07, 6.45) is -3.48. The molecule has 2 aromatic rings. The number of rotatable bonds is 5. The number of halogens is 7. The van der Waals surface area contributed by atoms with Crippen LogP contribution in [0.4, 0.5) is 25.5 Å². The fourth-order valence-electron chi connectivity index (χ4n) is 3.96. The van der Waals surface area contributed by atoms with Gasteiger partial charge in [0, 0.05) is 43.5 Å². The van der Waals surface area contributed by atoms with E-state index in [1.54, 1.807) is 0 Å². The SMILES string of the molecule is O=C1CC(c2ccc(F)cc2)CN1c1c(CC(Cl)(Cl)Cl)cnc(N(C(=O)O)C(=O)O)c1CC(Cl)(Cl)Cl. The number of hydrogen-bond acceptors (Lipinski definition) is 4. The number of amides is 3. The van der Waals surface area contributed by atoms with Crippen molar-refractivity contribution in [2.75, 3.05) is 16.3 Å². The summed E-state index contributed by atoms with van der Waals surface area (Å²) in [5.74, 6) is -1.85. The van der Waals surface area contributed by atoms with Gasteiger partial charge in [0.1, 0.15) is 5.82 Å². The van der Waals surface area contributed by atoms with Gasteiger partial charge in [0.2, 0.25) is 5.91 Å². The molecule has 0 aliphatic carbocycles. The van der Waals surface area contributed by atoms with Crippen molar-refractivity contribution in [1.82, 2.24) is 4.98 Å². The van der Waals surface area contributed by atoms with E-state index in [0.29, 0.717) is 5.56 Å². The molecule has 1 fully saturated rings. The molecule has 1 aromatic carbocycles. The van der Waals surface area contributed by atoms with Gasteiger partial charge in [0.25, 0.3) is 0 Å². The Bertz CT molecular complexity index is 1170. The summed E-state index contributed by atoms with van der Waals surface area (Å²) in [4.78, 5) is 41.9. The third-order valence-corrected chi connectivity index (χ3v) is 6.10. The molecule has 0 bridgehead atoms. The Labute approximate surface area is 234 Å². The van der Waals surface area contributed by atoms with Crippen LogP contribution in [0, 0.1) is 5.82 Å². The summed E-state index contributed by atoms with van der Waals surface area (Å²) < 4.78 is 9.49. The number of alkyl halides is 6. The van der Waals surface area contributed by atoms with Gasteiger partial charge in [-0.2, -0.15) is 4.90 Å². The first-order valence-corrected chi connectivity index (χ1v) is 12.3. The Kier molecular flexibility index (Phi) is 8.75. The van der Waals surface area contributed by atoms with Gasteiger partial charge >= 0.3 is 12.2 Å². The molecule has 2 N–H and O–H groups in total. The predicted molar refractivity (Wildman–Crippen MR) is 137 cm³/mol. The fraction of sp³-hybridized carbons (Fsp3) is 0.333. The normalized spacial score (nSPS) is 16.4. The number of carbonyl (C=O) groups excluding carboxylic acids is 1. The van der Waals surface area contributed by atoms with Crippen LogP contribution in [0.1, 0.15) is 29.0 Å². The van der Waals surface area contributed by atoms with Crippen LogP contribution in [0.15, 0.2) is 30.5 Å². The summed E-state index contributed by atoms with van der Waals surface area (Å²) >= 11 is 36.0. The Morgan fingerprint density at radius 1 is 1.03 bits per heavy atom. The van der Waals surface area contributed by atoms with Crippen LogP contribution in [-0.2, 0) is 17.6 Å². The van der Waals surface area contributed by atoms with Crippen LogP contribution in [-0.4, -0.2) is 47.4 Å². The third-order valence-electron chi connectivity index (χ3n) is 5.30. The van der Waals surface area contributed by atoms with Crippen molar-refractivity contribution in [3.8, 4) is 0 Å². The largest absolute Gasteiger partial charge is 0.464 e. The Balaban J connectivity index is 2.24. The highest BCUT2D eigenvalue weighted by Gasteiger charge is 2.40. The number of anilines is 2. The molecule has 1 atom stereocenters. The molecule has 2 heterocycles. The van der Waals surface area contributed by atoms with Crippen molar-refractivity contribution in [1.29, 1.82) is 0 Å². The number of benzene rings is 1. The van der Waals surface area contributed by atoms with Gasteiger partial charge in [0.15, 0.2) is 13.4 Å². The highest BCUT2D eigenvalue weighted by Crippen LogP contribution is 2.44. The van der Waals surface area contributed by atoms with Crippen molar-refractivity contribution in [3.63, 3.8) is 0 Å². The third kappa shape index (κ3) is 6.96. The van der Waals surface area contributed by atoms with E-state index < -0.39 is 43.7 Å². The van der Waals surface area contributed by atoms with Crippen LogP contribution >= 0.6 is 69.6 Å². The first-order valence-electron chi connectivity index (χ1n) is 10.0. The van der Waals surface area contributed by atoms with E-state index in [-0.39, 0.29) is 47.0 Å². The molecule has 0 spiro atoms. The minimum atomic E-state index is -2.05. The molecular weight excluding hydrogens is 606 g/mol. The fourth-order valence-corrected chi connectivity index (χ4v) is 4.79. The lowest BCUT2D eigenvalue weighted by molar-refractivity contribution is -0.117. The molecule has 1 aliphatic heterocycles. The second-order valence-electron chi connectivity index (χ2n) is 7.88. The molecule has 194 valence electrons. The molecule has 3 rings (SSSR count). The Morgan fingerprint density at radius 3 is 2.08 bits per heavy atom. The van der Waals surface area contributed by atoms with Crippen LogP contribution < -0.4 is 9.80 Å². The zero-order valence-electron chi connectivity index (χ0n) is 17.9. The zero-order chi connectivity index (χ0) is 27.0. The number of carbonyl (C=O) groups is 3. The minimum absolute atomic E-state index is 0.00524. The van der Waals surface area contributed by atoms with E-state index in [4.69, 9.17) is 69.6 Å². The number of imide groups is 1. The lowest BCUT2D eigenvalue weighted by Gasteiger charge is -2.29. The molecule has 36 heavy (non-hydrogen) atoms. The lowest BCUT2D eigenvalue weighted by atomic mass is 9.98. The van der Waals surface area contributed by atoms with Gasteiger partial charge in [-0.15, -0.1) is 0 Å². The molecule has 0 radical (unpaired) electrons. The smallest absolute Gasteiger partial charge is 0.422 e. The van der Waals surface area contributed by atoms with Gasteiger partial charge < -0.3 is 15.1 Å². The van der Waals surface area contributed by atoms with Gasteiger partial charge in [-0.3, -0.25) is 4.79 Å². The van der Waals surface area contributed by atoms with E-state index in [0.717, 1.165) is 6.20 Å². The van der Waals surface area contributed by atoms with E-state index in [2.05, 4.69) is 4.98 Å². The molecule has 1 aliphatic rings. The second-order valence-corrected chi connectivity index (χ2v) is 12.9. The van der Waals surface area contributed by atoms with Crippen LogP contribution in [0.2, 0.25) is 0 Å². The Morgan fingerprint density at radius 2 is 1.58 bits per heavy atom. The van der Waals surface area contributed by atoms with E-state index in [1.165, 1.54) is 29.2 Å². The van der Waals surface area contributed by atoms with Crippen molar-refractivity contribution in [3.05, 3.63) is 53.0 Å². The number of hydrogen-bond donors (Lipinski definition) is 2. The Hall–Kier alpha value is -1.75. The monoisotopic (exact) mass is 619 g/mol. The maximum absolute atomic E-state index is 13.4. The predicted octanol–water partition coefficient (Wildman–Crippen LogP) is 6.73. The van der Waals surface area contributed by atoms with Crippen LogP contribution in [0.5, 0.6) is 0 Å². The first kappa shape index (κ1) is 28.8. The maximum atomic E-state index is 13.4. The maximum Gasteiger partial charge on any atom is 0.422 e. The molecule has 1 unspecified atom stereocenters. The highest BCUT2D eigenvalue weighted by molar-refractivity contribution is 6.68. The molecule has 1 saturated heterocycles. The number of carboxylic acid groups (broad SMARTS) is 2. The standard InChI is InChI=1S/C21H16Cl6FN3O5/c22-20(23,24)6-12-8-29-17(31(18(33)34)19(35)36)14(7-21(25,26)27)16(12)30-9-11(5-15(30)32)10-1-3-13(28)4-2-10/h1-4,8,11H,5-7,9H2,(H,33,34)(H,35,36). The van der Waals surface area contributed by atoms with Crippen LogP contribution in [0.3, 0.4) is 0 Å². The van der Waals surface area contributed by atoms with E-state index >= 15 is 0 Å². The summed E-state index contributed by atoms with van der Waals surface area (Å²) in [6, 6.07) is 5.59. The molecule has 1 aromatic heterocycles. The van der Waals surface area contributed by atoms with E-state index in [1.807, 2.05) is 0 Å². The molecule has 15 heteroatoms. The second kappa shape index (κ2) is 10.9. The molecule has 8 nitrogen and oxygen atoms in total. The summed E-state index contributed by atoms with van der Waals surface area (Å²) in [5, 5.41) is 19.1. The number of pyridine rings is 1. The molecular formula is C21H16Cl6FN3O5. The first-order chi connectivity index (χ1) is 16.6. The summed E-state index contributed by atoms with van der Waals surface area (Å²) in [7, 11) is 0. The zero-order valence-corrected chi connectivity index (χ0v) is 22.4. The van der Waals surface area contributed by atoms with Gasteiger partial charge in [-0.25, -0.2) is 19.0 Å². The molecule has 3 amide bonds. The highest BCUT2D eigenvalue weighted by atomic mass is 35.6. The molecule has 0 saturated carbocycles. The number of aromatic nitrogens is 1. The van der Waals surface area contributed by atoms with Crippen LogP contribution in [0.25, 0.3) is 0 Å². The minimum Gasteiger partial charge on any atom is -0.464 e. The van der Waals surface area contributed by atoms with Crippen molar-refractivity contribution >= 4 is 99.2 Å². The number of nitrogens with zero attached hydrogens (tertiary/aromatic N) is 3. The van der Waals surface area contributed by atoms with Crippen molar-refractivity contribution in [2.45, 2.75) is 32.8 Å².